The van der Waals surface area contributed by atoms with Crippen molar-refractivity contribution in [3.05, 3.63) is 101 Å². The van der Waals surface area contributed by atoms with Gasteiger partial charge in [-0.25, -0.2) is 4.79 Å². The lowest BCUT2D eigenvalue weighted by Gasteiger charge is -2.32. The fraction of sp³-hybridized carbons (Fsp3) is 0.474. The highest BCUT2D eigenvalue weighted by molar-refractivity contribution is 5.83. The van der Waals surface area contributed by atoms with Gasteiger partial charge in [0.1, 0.15) is 24.0 Å². The van der Waals surface area contributed by atoms with Crippen molar-refractivity contribution in [2.24, 2.45) is 0 Å². The number of aliphatic hydroxyl groups excluding tert-OH is 2. The second-order valence-electron chi connectivity index (χ2n) is 13.7. The monoisotopic (exact) mass is 674 g/mol. The Morgan fingerprint density at radius 1 is 0.959 bits per heavy atom. The summed E-state index contributed by atoms with van der Waals surface area (Å²) in [5, 5.41) is 31.9. The fourth-order valence-electron chi connectivity index (χ4n) is 6.22. The van der Waals surface area contributed by atoms with Crippen LogP contribution < -0.4 is 20.7 Å². The Morgan fingerprint density at radius 3 is 2.37 bits per heavy atom. The first-order valence-electron chi connectivity index (χ1n) is 17.1. The highest BCUT2D eigenvalue weighted by atomic mass is 16.6. The van der Waals surface area contributed by atoms with Gasteiger partial charge in [-0.3, -0.25) is 15.0 Å². The van der Waals surface area contributed by atoms with Crippen molar-refractivity contribution in [2.75, 3.05) is 39.5 Å². The molecule has 1 aliphatic carbocycles. The molecule has 1 fully saturated rings. The number of morpholine rings is 1. The lowest BCUT2D eigenvalue weighted by molar-refractivity contribution is -0.128. The third-order valence-electron chi connectivity index (χ3n) is 8.77. The molecular weight excluding hydrogens is 624 g/mol. The summed E-state index contributed by atoms with van der Waals surface area (Å²) in [6, 6.07) is 22.0. The van der Waals surface area contributed by atoms with Gasteiger partial charge in [-0.15, -0.1) is 0 Å². The number of aliphatic hydroxyl groups is 2. The normalized spacial score (nSPS) is 19.7. The van der Waals surface area contributed by atoms with Crippen LogP contribution in [0.3, 0.4) is 0 Å². The highest BCUT2D eigenvalue weighted by Gasteiger charge is 2.38. The van der Waals surface area contributed by atoms with Gasteiger partial charge in [0.15, 0.2) is 0 Å². The molecule has 0 spiro atoms. The van der Waals surface area contributed by atoms with E-state index in [1.54, 1.807) is 20.8 Å². The molecule has 1 aliphatic heterocycles. The van der Waals surface area contributed by atoms with Crippen molar-refractivity contribution in [3.63, 3.8) is 0 Å². The summed E-state index contributed by atoms with van der Waals surface area (Å²) in [7, 11) is 0. The molecule has 5 N–H and O–H groups in total. The molecule has 264 valence electrons. The minimum absolute atomic E-state index is 0.248. The van der Waals surface area contributed by atoms with Gasteiger partial charge in [-0.2, -0.15) is 0 Å². The van der Waals surface area contributed by atoms with Crippen LogP contribution in [0.2, 0.25) is 0 Å². The van der Waals surface area contributed by atoms with E-state index in [1.807, 2.05) is 78.9 Å². The summed E-state index contributed by atoms with van der Waals surface area (Å²) in [4.78, 5) is 29.4. The zero-order valence-electron chi connectivity index (χ0n) is 28.6. The van der Waals surface area contributed by atoms with Gasteiger partial charge in [0.25, 0.3) is 0 Å². The third kappa shape index (κ3) is 10.7. The number of nitrogens with zero attached hydrogens (tertiary/aromatic N) is 1. The van der Waals surface area contributed by atoms with Gasteiger partial charge < -0.3 is 35.1 Å². The van der Waals surface area contributed by atoms with Crippen molar-refractivity contribution in [1.29, 1.82) is 0 Å². The molecule has 2 amide bonds. The van der Waals surface area contributed by atoms with Crippen LogP contribution in [-0.2, 0) is 33.7 Å². The Kier molecular flexibility index (Phi) is 12.7. The zero-order valence-corrected chi connectivity index (χ0v) is 28.6. The molecule has 0 saturated carbocycles. The molecule has 11 nitrogen and oxygen atoms in total. The van der Waals surface area contributed by atoms with Crippen LogP contribution in [-0.4, -0.2) is 96.5 Å². The quantitative estimate of drug-likeness (QED) is 0.175. The summed E-state index contributed by atoms with van der Waals surface area (Å²) < 4.78 is 16.9. The van der Waals surface area contributed by atoms with Crippen LogP contribution in [0.25, 0.3) is 0 Å². The van der Waals surface area contributed by atoms with Crippen LogP contribution in [0, 0.1) is 0 Å². The molecular formula is C38H50N4O7. The van der Waals surface area contributed by atoms with Crippen molar-refractivity contribution < 1.29 is 34.0 Å². The predicted octanol–water partition coefficient (Wildman–Crippen LogP) is 3.13. The first-order valence-corrected chi connectivity index (χ1v) is 17.1. The number of nitrogens with one attached hydrogen (secondary N) is 3. The fourth-order valence-corrected chi connectivity index (χ4v) is 6.22. The van der Waals surface area contributed by atoms with Gasteiger partial charge >= 0.3 is 6.09 Å². The summed E-state index contributed by atoms with van der Waals surface area (Å²) >= 11 is 0. The number of hydrogen-bond acceptors (Lipinski definition) is 9. The zero-order chi connectivity index (χ0) is 34.8. The molecule has 0 radical (unpaired) electrons. The Hall–Kier alpha value is -4.00. The van der Waals surface area contributed by atoms with E-state index < -0.39 is 47.9 Å². The number of ether oxygens (including phenoxy) is 3. The van der Waals surface area contributed by atoms with Gasteiger partial charge in [-0.05, 0) is 61.6 Å². The lowest BCUT2D eigenvalue weighted by atomic mass is 9.95. The van der Waals surface area contributed by atoms with E-state index in [0.717, 1.165) is 60.9 Å². The molecule has 2 aliphatic rings. The Bertz CT molecular complexity index is 1490. The minimum atomic E-state index is -1.37. The number of carbonyl (C=O) groups excluding carboxylic acids is 2. The first kappa shape index (κ1) is 36.3. The van der Waals surface area contributed by atoms with E-state index in [-0.39, 0.29) is 13.0 Å². The molecule has 1 unspecified atom stereocenters. The summed E-state index contributed by atoms with van der Waals surface area (Å²) in [5.41, 5.74) is 2.79. The molecule has 3 aromatic carbocycles. The maximum Gasteiger partial charge on any atom is 0.407 e. The highest BCUT2D eigenvalue weighted by Crippen LogP contribution is 2.31. The second kappa shape index (κ2) is 17.1. The summed E-state index contributed by atoms with van der Waals surface area (Å²) in [6.45, 7) is 10.2. The molecule has 3 aromatic rings. The van der Waals surface area contributed by atoms with Crippen molar-refractivity contribution in [2.45, 2.75) is 76.1 Å². The van der Waals surface area contributed by atoms with Crippen LogP contribution in [0.1, 0.15) is 49.1 Å². The molecule has 0 bridgehead atoms. The number of amides is 2. The number of rotatable bonds is 14. The van der Waals surface area contributed by atoms with E-state index in [1.165, 1.54) is 0 Å². The topological polar surface area (TPSA) is 142 Å². The molecule has 11 heteroatoms. The smallest absolute Gasteiger partial charge is 0.407 e. The van der Waals surface area contributed by atoms with Gasteiger partial charge in [0.2, 0.25) is 5.91 Å². The van der Waals surface area contributed by atoms with Gasteiger partial charge in [0.05, 0.1) is 37.5 Å². The Morgan fingerprint density at radius 2 is 1.65 bits per heavy atom. The number of fused-ring (bicyclic) bond motifs is 1. The number of hydrogen-bond donors (Lipinski definition) is 5. The standard InChI is InChI=1S/C38H50N4O7/c1-38(2,3)49-37(46)40-31(23-26-9-5-4-6-10-26)35(44)34(36(45)41-33-30-12-8-7-11-28(30)24-32(33)43)39-25-27-13-15-29(16-14-27)48-22-19-42-17-20-47-21-18-42/h4-16,31-35,39,43-44H,17-25H2,1-3H3,(H,40,46)(H,41,45)/t31-,32+,33?,34+,35+/m0/s1. The maximum absolute atomic E-state index is 14.1. The number of benzene rings is 3. The van der Waals surface area contributed by atoms with E-state index >= 15 is 0 Å². The third-order valence-corrected chi connectivity index (χ3v) is 8.77. The number of carbonyl (C=O) groups is 2. The van der Waals surface area contributed by atoms with E-state index in [9.17, 15) is 19.8 Å². The molecule has 0 aromatic heterocycles. The first-order chi connectivity index (χ1) is 23.6. The maximum atomic E-state index is 14.1. The van der Waals surface area contributed by atoms with Crippen LogP contribution >= 0.6 is 0 Å². The van der Waals surface area contributed by atoms with Crippen LogP contribution in [0.5, 0.6) is 5.75 Å². The average Bonchev–Trinajstić information content (AvgIpc) is 3.39. The minimum Gasteiger partial charge on any atom is -0.492 e. The Balaban J connectivity index is 1.31. The van der Waals surface area contributed by atoms with Crippen molar-refractivity contribution in [1.82, 2.24) is 20.9 Å². The van der Waals surface area contributed by atoms with Crippen LogP contribution in [0.4, 0.5) is 4.79 Å². The van der Waals surface area contributed by atoms with Gasteiger partial charge in [-0.1, -0.05) is 66.7 Å². The van der Waals surface area contributed by atoms with E-state index in [2.05, 4.69) is 20.9 Å². The van der Waals surface area contributed by atoms with Crippen molar-refractivity contribution in [3.8, 4) is 5.75 Å². The Labute approximate surface area is 288 Å². The van der Waals surface area contributed by atoms with E-state index in [0.29, 0.717) is 13.0 Å². The summed E-state index contributed by atoms with van der Waals surface area (Å²) in [5.74, 6) is 0.241. The molecule has 5 rings (SSSR count). The van der Waals surface area contributed by atoms with Crippen LogP contribution in [0.15, 0.2) is 78.9 Å². The molecule has 49 heavy (non-hydrogen) atoms. The SMILES string of the molecule is CC(C)(C)OC(=O)N[C@@H](Cc1ccccc1)[C@@H](O)[C@@H](NCc1ccc(OCCN2CCOCC2)cc1)C(=O)NC1c2ccccc2C[C@H]1O. The molecule has 1 saturated heterocycles. The van der Waals surface area contributed by atoms with Crippen molar-refractivity contribution >= 4 is 12.0 Å². The van der Waals surface area contributed by atoms with Gasteiger partial charge in [0, 0.05) is 32.6 Å². The number of alkyl carbamates (subject to hydrolysis) is 1. The van der Waals surface area contributed by atoms with E-state index in [4.69, 9.17) is 14.2 Å². The second-order valence-corrected chi connectivity index (χ2v) is 13.7. The molecule has 1 heterocycles. The predicted molar refractivity (Wildman–Crippen MR) is 186 cm³/mol. The average molecular weight is 675 g/mol. The lowest BCUT2D eigenvalue weighted by Crippen LogP contribution is -2.60. The molecule has 5 atom stereocenters. The largest absolute Gasteiger partial charge is 0.492 e. The summed E-state index contributed by atoms with van der Waals surface area (Å²) in [6.07, 6.45) is -2.22.